The summed E-state index contributed by atoms with van der Waals surface area (Å²) in [5.41, 5.74) is 1.09. The van der Waals surface area contributed by atoms with Crippen molar-refractivity contribution in [2.45, 2.75) is 33.2 Å². The van der Waals surface area contributed by atoms with Gasteiger partial charge in [-0.25, -0.2) is 4.79 Å². The lowest BCUT2D eigenvalue weighted by atomic mass is 10.0. The van der Waals surface area contributed by atoms with E-state index in [-0.39, 0.29) is 29.6 Å². The van der Waals surface area contributed by atoms with Gasteiger partial charge in [-0.1, -0.05) is 13.8 Å². The van der Waals surface area contributed by atoms with Gasteiger partial charge in [0.25, 0.3) is 0 Å². The molecule has 31 heavy (non-hydrogen) atoms. The SMILES string of the molecule is CCOC(=O)c1cn2c(cc1=O)-c1cc(Br)c(OCCCOC)cc1OC[C@H]2C(C)C. The third kappa shape index (κ3) is 5.13. The molecule has 0 aliphatic carbocycles. The van der Waals surface area contributed by atoms with Crippen LogP contribution in [0.25, 0.3) is 11.3 Å². The average Bonchev–Trinajstić information content (AvgIpc) is 2.87. The van der Waals surface area contributed by atoms with Crippen LogP contribution in [0.15, 0.2) is 33.7 Å². The summed E-state index contributed by atoms with van der Waals surface area (Å²) in [5.74, 6) is 0.885. The lowest BCUT2D eigenvalue weighted by Crippen LogP contribution is -2.26. The monoisotopic (exact) mass is 493 g/mol. The van der Waals surface area contributed by atoms with E-state index in [2.05, 4.69) is 29.8 Å². The van der Waals surface area contributed by atoms with Gasteiger partial charge in [-0.2, -0.15) is 0 Å². The Bertz CT molecular complexity index is 1000. The normalized spacial score (nSPS) is 15.0. The minimum absolute atomic E-state index is 0.0249. The Labute approximate surface area is 190 Å². The van der Waals surface area contributed by atoms with Crippen LogP contribution in [0.5, 0.6) is 11.5 Å². The number of carbonyl (C=O) groups is 1. The maximum absolute atomic E-state index is 12.8. The highest BCUT2D eigenvalue weighted by molar-refractivity contribution is 9.10. The molecule has 1 aliphatic rings. The summed E-state index contributed by atoms with van der Waals surface area (Å²) in [6, 6.07) is 5.14. The van der Waals surface area contributed by atoms with E-state index in [0.29, 0.717) is 37.0 Å². The maximum Gasteiger partial charge on any atom is 0.343 e. The summed E-state index contributed by atoms with van der Waals surface area (Å²) in [4.78, 5) is 25.1. The molecular weight excluding hydrogens is 466 g/mol. The first-order chi connectivity index (χ1) is 14.9. The number of esters is 1. The number of halogens is 1. The average molecular weight is 494 g/mol. The highest BCUT2D eigenvalue weighted by Gasteiger charge is 2.28. The van der Waals surface area contributed by atoms with Crippen LogP contribution in [-0.2, 0) is 9.47 Å². The summed E-state index contributed by atoms with van der Waals surface area (Å²) in [5, 5.41) is 0. The Kier molecular flexibility index (Phi) is 7.78. The smallest absolute Gasteiger partial charge is 0.343 e. The molecule has 0 N–H and O–H groups in total. The van der Waals surface area contributed by atoms with E-state index in [4.69, 9.17) is 18.9 Å². The standard InChI is InChI=1S/C23H28BrNO6/c1-5-29-23(27)16-12-25-18(10-20(16)26)15-9-17(24)22(30-8-6-7-28-4)11-21(15)31-13-19(25)14(2)3/h9-12,14,19H,5-8,13H2,1-4H3/t19-/m0/s1. The third-order valence-electron chi connectivity index (χ3n) is 5.17. The minimum Gasteiger partial charge on any atom is -0.492 e. The molecule has 0 saturated heterocycles. The van der Waals surface area contributed by atoms with Crippen molar-refractivity contribution in [1.29, 1.82) is 0 Å². The van der Waals surface area contributed by atoms with Crippen LogP contribution in [0.4, 0.5) is 0 Å². The number of carbonyl (C=O) groups excluding carboxylic acids is 1. The van der Waals surface area contributed by atoms with Gasteiger partial charge in [0, 0.05) is 44.0 Å². The topological polar surface area (TPSA) is 76.0 Å². The van der Waals surface area contributed by atoms with Gasteiger partial charge >= 0.3 is 5.97 Å². The summed E-state index contributed by atoms with van der Waals surface area (Å²) >= 11 is 3.57. The fraction of sp³-hybridized carbons (Fsp3) is 0.478. The van der Waals surface area contributed by atoms with E-state index in [9.17, 15) is 9.59 Å². The summed E-state index contributed by atoms with van der Waals surface area (Å²) in [6.07, 6.45) is 2.37. The van der Waals surface area contributed by atoms with Crippen LogP contribution in [0.2, 0.25) is 0 Å². The Morgan fingerprint density at radius 1 is 1.29 bits per heavy atom. The predicted octanol–water partition coefficient (Wildman–Crippen LogP) is 4.46. The maximum atomic E-state index is 12.8. The molecule has 0 amide bonds. The first kappa shape index (κ1) is 23.3. The summed E-state index contributed by atoms with van der Waals surface area (Å²) in [7, 11) is 1.66. The second kappa shape index (κ2) is 10.3. The molecule has 0 unspecified atom stereocenters. The number of fused-ring (bicyclic) bond motifs is 3. The molecule has 1 aromatic carbocycles. The van der Waals surface area contributed by atoms with Gasteiger partial charge in [0.05, 0.1) is 29.4 Å². The Morgan fingerprint density at radius 2 is 2.06 bits per heavy atom. The second-order valence-corrected chi connectivity index (χ2v) is 8.51. The van der Waals surface area contributed by atoms with Crippen LogP contribution >= 0.6 is 15.9 Å². The second-order valence-electron chi connectivity index (χ2n) is 7.66. The van der Waals surface area contributed by atoms with Gasteiger partial charge in [-0.3, -0.25) is 4.79 Å². The number of methoxy groups -OCH3 is 1. The van der Waals surface area contributed by atoms with Gasteiger partial charge in [-0.15, -0.1) is 0 Å². The van der Waals surface area contributed by atoms with Crippen molar-refractivity contribution in [3.05, 3.63) is 44.7 Å². The molecule has 8 heteroatoms. The lowest BCUT2D eigenvalue weighted by Gasteiger charge is -2.24. The molecule has 1 aromatic heterocycles. The van der Waals surface area contributed by atoms with E-state index in [1.165, 1.54) is 6.07 Å². The number of pyridine rings is 1. The predicted molar refractivity (Wildman–Crippen MR) is 121 cm³/mol. The highest BCUT2D eigenvalue weighted by Crippen LogP contribution is 2.42. The largest absolute Gasteiger partial charge is 0.492 e. The lowest BCUT2D eigenvalue weighted by molar-refractivity contribution is 0.0523. The van der Waals surface area contributed by atoms with Gasteiger partial charge in [0.2, 0.25) is 0 Å². The first-order valence-corrected chi connectivity index (χ1v) is 11.2. The zero-order chi connectivity index (χ0) is 22.5. The number of hydrogen-bond acceptors (Lipinski definition) is 6. The number of nitrogens with zero attached hydrogens (tertiary/aromatic N) is 1. The van der Waals surface area contributed by atoms with Gasteiger partial charge in [0.1, 0.15) is 23.7 Å². The minimum atomic E-state index is -0.614. The van der Waals surface area contributed by atoms with Crippen molar-refractivity contribution in [2.75, 3.05) is 33.5 Å². The van der Waals surface area contributed by atoms with Crippen molar-refractivity contribution in [3.63, 3.8) is 0 Å². The van der Waals surface area contributed by atoms with E-state index in [1.54, 1.807) is 20.2 Å². The molecule has 2 heterocycles. The van der Waals surface area contributed by atoms with E-state index >= 15 is 0 Å². The molecule has 0 bridgehead atoms. The summed E-state index contributed by atoms with van der Waals surface area (Å²) in [6.45, 7) is 7.61. The molecule has 7 nitrogen and oxygen atoms in total. The Morgan fingerprint density at radius 3 is 2.74 bits per heavy atom. The van der Waals surface area contributed by atoms with Crippen molar-refractivity contribution in [2.24, 2.45) is 5.92 Å². The molecule has 168 valence electrons. The highest BCUT2D eigenvalue weighted by atomic mass is 79.9. The van der Waals surface area contributed by atoms with Gasteiger partial charge < -0.3 is 23.5 Å². The Balaban J connectivity index is 2.08. The third-order valence-corrected chi connectivity index (χ3v) is 5.79. The van der Waals surface area contributed by atoms with Crippen LogP contribution in [0.1, 0.15) is 43.6 Å². The number of aromatic nitrogens is 1. The number of benzene rings is 1. The summed E-state index contributed by atoms with van der Waals surface area (Å²) < 4.78 is 24.9. The molecule has 1 aliphatic heterocycles. The van der Waals surface area contributed by atoms with Crippen molar-refractivity contribution >= 4 is 21.9 Å². The van der Waals surface area contributed by atoms with E-state index in [0.717, 1.165) is 16.5 Å². The molecule has 0 saturated carbocycles. The number of hydrogen-bond donors (Lipinski definition) is 0. The fourth-order valence-corrected chi connectivity index (χ4v) is 3.98. The van der Waals surface area contributed by atoms with Crippen molar-refractivity contribution < 1.29 is 23.7 Å². The van der Waals surface area contributed by atoms with Gasteiger partial charge in [0.15, 0.2) is 5.43 Å². The fourth-order valence-electron chi connectivity index (χ4n) is 3.52. The van der Waals surface area contributed by atoms with Crippen molar-refractivity contribution in [3.8, 4) is 22.8 Å². The van der Waals surface area contributed by atoms with E-state index in [1.807, 2.05) is 16.7 Å². The molecular formula is C23H28BrNO6. The molecule has 0 spiro atoms. The quantitative estimate of drug-likeness (QED) is 0.399. The first-order valence-electron chi connectivity index (χ1n) is 10.4. The van der Waals surface area contributed by atoms with Crippen LogP contribution in [-0.4, -0.2) is 44.1 Å². The molecule has 2 aromatic rings. The molecule has 3 rings (SSSR count). The zero-order valence-corrected chi connectivity index (χ0v) is 19.9. The Hall–Kier alpha value is -2.32. The van der Waals surface area contributed by atoms with Crippen molar-refractivity contribution in [1.82, 2.24) is 4.57 Å². The molecule has 1 atom stereocenters. The van der Waals surface area contributed by atoms with Crippen LogP contribution < -0.4 is 14.9 Å². The molecule has 0 fully saturated rings. The van der Waals surface area contributed by atoms with Gasteiger partial charge in [-0.05, 0) is 34.8 Å². The molecule has 0 radical (unpaired) electrons. The van der Waals surface area contributed by atoms with Crippen LogP contribution in [0.3, 0.4) is 0 Å². The van der Waals surface area contributed by atoms with E-state index < -0.39 is 5.97 Å². The number of ether oxygens (including phenoxy) is 4. The zero-order valence-electron chi connectivity index (χ0n) is 18.3. The number of rotatable bonds is 8. The van der Waals surface area contributed by atoms with Crippen LogP contribution in [0, 0.1) is 5.92 Å².